The van der Waals surface area contributed by atoms with Crippen molar-refractivity contribution in [1.82, 2.24) is 0 Å². The Labute approximate surface area is 104 Å². The van der Waals surface area contributed by atoms with Crippen molar-refractivity contribution in [2.45, 2.75) is 19.9 Å². The highest BCUT2D eigenvalue weighted by molar-refractivity contribution is 5.83. The molecule has 0 fully saturated rings. The molecule has 0 aromatic heterocycles. The zero-order chi connectivity index (χ0) is 13.7. The van der Waals surface area contributed by atoms with Crippen molar-refractivity contribution in [1.29, 1.82) is 0 Å². The lowest BCUT2D eigenvalue weighted by Crippen LogP contribution is -2.24. The lowest BCUT2D eigenvalue weighted by molar-refractivity contribution is -0.384. The molecule has 0 aliphatic carbocycles. The van der Waals surface area contributed by atoms with E-state index in [0.29, 0.717) is 5.56 Å². The smallest absolute Gasteiger partial charge is 0.328 e. The minimum absolute atomic E-state index is 0.00852. The zero-order valence-corrected chi connectivity index (χ0v) is 10.1. The first-order valence-corrected chi connectivity index (χ1v) is 5.42. The standard InChI is InChI=1S/C12H14N2O4/c1-8(2)11(12(15)16)13-7-9-3-5-10(6-4-9)14(17)18/h3-8,11H,1-2H3,(H,15,16). The number of non-ortho nitro benzene ring substituents is 1. The van der Waals surface area contributed by atoms with Crippen LogP contribution < -0.4 is 0 Å². The van der Waals surface area contributed by atoms with Crippen LogP contribution in [0.4, 0.5) is 5.69 Å². The van der Waals surface area contributed by atoms with Crippen molar-refractivity contribution in [2.24, 2.45) is 10.9 Å². The number of benzene rings is 1. The fourth-order valence-electron chi connectivity index (χ4n) is 1.37. The molecule has 0 radical (unpaired) electrons. The number of aliphatic imine (C=N–C) groups is 1. The van der Waals surface area contributed by atoms with Crippen molar-refractivity contribution in [3.05, 3.63) is 39.9 Å². The molecule has 0 aliphatic rings. The van der Waals surface area contributed by atoms with Crippen LogP contribution in [-0.4, -0.2) is 28.3 Å². The third-order valence-corrected chi connectivity index (χ3v) is 2.37. The number of carbonyl (C=O) groups is 1. The van der Waals surface area contributed by atoms with Gasteiger partial charge in [0.1, 0.15) is 6.04 Å². The van der Waals surface area contributed by atoms with Crippen molar-refractivity contribution >= 4 is 17.9 Å². The highest BCUT2D eigenvalue weighted by Gasteiger charge is 2.19. The Bertz CT molecular complexity index is 465. The van der Waals surface area contributed by atoms with Gasteiger partial charge in [-0.05, 0) is 23.6 Å². The summed E-state index contributed by atoms with van der Waals surface area (Å²) in [6, 6.07) is 4.96. The molecule has 1 rings (SSSR count). The molecule has 1 aromatic carbocycles. The molecule has 0 saturated heterocycles. The summed E-state index contributed by atoms with van der Waals surface area (Å²) >= 11 is 0. The molecule has 0 aliphatic heterocycles. The van der Waals surface area contributed by atoms with Crippen LogP contribution in [0.15, 0.2) is 29.3 Å². The van der Waals surface area contributed by atoms with Crippen LogP contribution in [0, 0.1) is 16.0 Å². The summed E-state index contributed by atoms with van der Waals surface area (Å²) < 4.78 is 0. The van der Waals surface area contributed by atoms with Gasteiger partial charge in [-0.3, -0.25) is 15.1 Å². The molecule has 0 amide bonds. The molecule has 1 atom stereocenters. The molecular formula is C12H14N2O4. The van der Waals surface area contributed by atoms with Crippen molar-refractivity contribution < 1.29 is 14.8 Å². The van der Waals surface area contributed by atoms with Crippen LogP contribution in [0.25, 0.3) is 0 Å². The van der Waals surface area contributed by atoms with E-state index in [9.17, 15) is 14.9 Å². The van der Waals surface area contributed by atoms with Gasteiger partial charge in [0.25, 0.3) is 5.69 Å². The number of rotatable bonds is 5. The number of aliphatic carboxylic acids is 1. The lowest BCUT2D eigenvalue weighted by Gasteiger charge is -2.10. The van der Waals surface area contributed by atoms with E-state index in [1.807, 2.05) is 0 Å². The maximum Gasteiger partial charge on any atom is 0.328 e. The predicted octanol–water partition coefficient (Wildman–Crippen LogP) is 2.12. The second kappa shape index (κ2) is 5.90. The highest BCUT2D eigenvalue weighted by Crippen LogP contribution is 2.12. The average molecular weight is 250 g/mol. The molecule has 6 nitrogen and oxygen atoms in total. The van der Waals surface area contributed by atoms with Gasteiger partial charge >= 0.3 is 5.97 Å². The minimum Gasteiger partial charge on any atom is -0.480 e. The molecule has 96 valence electrons. The van der Waals surface area contributed by atoms with E-state index in [4.69, 9.17) is 5.11 Å². The van der Waals surface area contributed by atoms with E-state index >= 15 is 0 Å². The Morgan fingerprint density at radius 3 is 2.33 bits per heavy atom. The van der Waals surface area contributed by atoms with Gasteiger partial charge in [0.15, 0.2) is 0 Å². The van der Waals surface area contributed by atoms with Crippen molar-refractivity contribution in [3.8, 4) is 0 Å². The van der Waals surface area contributed by atoms with Crippen molar-refractivity contribution in [3.63, 3.8) is 0 Å². The van der Waals surface area contributed by atoms with Crippen LogP contribution in [0.2, 0.25) is 0 Å². The predicted molar refractivity (Wildman–Crippen MR) is 67.0 cm³/mol. The Morgan fingerprint density at radius 1 is 1.39 bits per heavy atom. The number of nitro benzene ring substituents is 1. The lowest BCUT2D eigenvalue weighted by atomic mass is 10.1. The molecule has 0 heterocycles. The highest BCUT2D eigenvalue weighted by atomic mass is 16.6. The van der Waals surface area contributed by atoms with E-state index in [-0.39, 0.29) is 11.6 Å². The minimum atomic E-state index is -0.983. The van der Waals surface area contributed by atoms with Crippen LogP contribution in [0.5, 0.6) is 0 Å². The van der Waals surface area contributed by atoms with Gasteiger partial charge < -0.3 is 5.11 Å². The first kappa shape index (κ1) is 13.8. The second-order valence-electron chi connectivity index (χ2n) is 4.15. The Morgan fingerprint density at radius 2 is 1.94 bits per heavy atom. The van der Waals surface area contributed by atoms with E-state index in [2.05, 4.69) is 4.99 Å². The van der Waals surface area contributed by atoms with Gasteiger partial charge in [-0.25, -0.2) is 4.79 Å². The van der Waals surface area contributed by atoms with Gasteiger partial charge in [-0.2, -0.15) is 0 Å². The van der Waals surface area contributed by atoms with Crippen molar-refractivity contribution in [2.75, 3.05) is 0 Å². The van der Waals surface area contributed by atoms with E-state index < -0.39 is 16.9 Å². The molecule has 1 N–H and O–H groups in total. The van der Waals surface area contributed by atoms with Crippen LogP contribution in [0.1, 0.15) is 19.4 Å². The molecule has 1 aromatic rings. The summed E-state index contributed by atoms with van der Waals surface area (Å²) in [6.07, 6.45) is 1.42. The number of carboxylic acid groups (broad SMARTS) is 1. The summed E-state index contributed by atoms with van der Waals surface area (Å²) in [4.78, 5) is 24.8. The maximum atomic E-state index is 10.9. The SMILES string of the molecule is CC(C)C(N=Cc1ccc([N+](=O)[O-])cc1)C(=O)O. The van der Waals surface area contributed by atoms with Crippen LogP contribution in [0.3, 0.4) is 0 Å². The van der Waals surface area contributed by atoms with Gasteiger partial charge in [0.05, 0.1) is 4.92 Å². The van der Waals surface area contributed by atoms with Crippen LogP contribution >= 0.6 is 0 Å². The topological polar surface area (TPSA) is 92.8 Å². The summed E-state index contributed by atoms with van der Waals surface area (Å²) in [6.45, 7) is 3.54. The summed E-state index contributed by atoms with van der Waals surface area (Å²) in [5.74, 6) is -1.10. The normalized spacial score (nSPS) is 12.8. The third kappa shape index (κ3) is 3.65. The number of nitro groups is 1. The van der Waals surface area contributed by atoms with E-state index in [1.54, 1.807) is 13.8 Å². The van der Waals surface area contributed by atoms with Gasteiger partial charge in [-0.15, -0.1) is 0 Å². The Hall–Kier alpha value is -2.24. The largest absolute Gasteiger partial charge is 0.480 e. The van der Waals surface area contributed by atoms with E-state index in [0.717, 1.165) is 0 Å². The monoisotopic (exact) mass is 250 g/mol. The third-order valence-electron chi connectivity index (χ3n) is 2.37. The molecule has 0 spiro atoms. The Balaban J connectivity index is 2.83. The fourth-order valence-corrected chi connectivity index (χ4v) is 1.37. The van der Waals surface area contributed by atoms with Gasteiger partial charge in [0, 0.05) is 18.3 Å². The zero-order valence-electron chi connectivity index (χ0n) is 10.1. The molecular weight excluding hydrogens is 236 g/mol. The molecule has 0 saturated carbocycles. The average Bonchev–Trinajstić information content (AvgIpc) is 2.28. The molecule has 1 unspecified atom stereocenters. The summed E-state index contributed by atoms with van der Waals surface area (Å²) in [5, 5.41) is 19.4. The first-order valence-electron chi connectivity index (χ1n) is 5.42. The summed E-state index contributed by atoms with van der Waals surface area (Å²) in [5.41, 5.74) is 0.623. The Kier molecular flexibility index (Phi) is 4.53. The number of nitrogens with zero attached hydrogens (tertiary/aromatic N) is 2. The van der Waals surface area contributed by atoms with Gasteiger partial charge in [0.2, 0.25) is 0 Å². The van der Waals surface area contributed by atoms with Gasteiger partial charge in [-0.1, -0.05) is 13.8 Å². The number of hydrogen-bond donors (Lipinski definition) is 1. The maximum absolute atomic E-state index is 10.9. The second-order valence-corrected chi connectivity index (χ2v) is 4.15. The first-order chi connectivity index (χ1) is 8.41. The summed E-state index contributed by atoms with van der Waals surface area (Å²) in [7, 11) is 0. The molecule has 18 heavy (non-hydrogen) atoms. The quantitative estimate of drug-likeness (QED) is 0.492. The van der Waals surface area contributed by atoms with Crippen LogP contribution in [-0.2, 0) is 4.79 Å². The van der Waals surface area contributed by atoms with E-state index in [1.165, 1.54) is 30.5 Å². The number of carboxylic acids is 1. The molecule has 0 bridgehead atoms. The molecule has 6 heteroatoms. The number of hydrogen-bond acceptors (Lipinski definition) is 4. The fraction of sp³-hybridized carbons (Fsp3) is 0.333.